The quantitative estimate of drug-likeness (QED) is 0.483. The molecule has 1 aromatic heterocycles. The molecule has 0 spiro atoms. The van der Waals surface area contributed by atoms with Gasteiger partial charge in [0.25, 0.3) is 11.1 Å². The third kappa shape index (κ3) is 5.07. The molecule has 0 saturated heterocycles. The largest absolute Gasteiger partial charge is 0.496 e. The van der Waals surface area contributed by atoms with Crippen LogP contribution in [0.1, 0.15) is 40.0 Å². The average molecular weight is 405 g/mol. The number of para-hydroxylation sites is 1. The number of hydrogen-bond donors (Lipinski definition) is 0. The predicted molar refractivity (Wildman–Crippen MR) is 108 cm³/mol. The number of benzene rings is 1. The maximum absolute atomic E-state index is 12.4. The highest BCUT2D eigenvalue weighted by Gasteiger charge is 2.33. The van der Waals surface area contributed by atoms with E-state index in [1.165, 1.54) is 18.2 Å². The molecule has 1 aromatic carbocycles. The second kappa shape index (κ2) is 9.45. The fourth-order valence-corrected chi connectivity index (χ4v) is 4.32. The van der Waals surface area contributed by atoms with Gasteiger partial charge in [-0.2, -0.15) is 0 Å². The summed E-state index contributed by atoms with van der Waals surface area (Å²) in [5.74, 6) is 2.50. The van der Waals surface area contributed by atoms with Crippen LogP contribution < -0.4 is 4.74 Å². The Morgan fingerprint density at radius 3 is 2.82 bits per heavy atom. The summed E-state index contributed by atoms with van der Waals surface area (Å²) in [4.78, 5) is 12.4. The number of hydrogen-bond acceptors (Lipinski definition) is 7. The van der Waals surface area contributed by atoms with Gasteiger partial charge in [-0.15, -0.1) is 10.2 Å². The SMILES string of the molecule is COc1ccccc1-c1nnc(SCC(=O)OC2CC(C)CCC2C(C)C)o1. The van der Waals surface area contributed by atoms with Crippen molar-refractivity contribution in [3.8, 4) is 17.2 Å². The summed E-state index contributed by atoms with van der Waals surface area (Å²) in [6, 6.07) is 7.44. The number of carbonyl (C=O) groups is 1. The normalized spacial score (nSPS) is 22.2. The van der Waals surface area contributed by atoms with Crippen molar-refractivity contribution in [1.82, 2.24) is 10.2 Å². The van der Waals surface area contributed by atoms with Crippen LogP contribution in [0.4, 0.5) is 0 Å². The molecule has 28 heavy (non-hydrogen) atoms. The summed E-state index contributed by atoms with van der Waals surface area (Å²) < 4.78 is 16.8. The number of ether oxygens (including phenoxy) is 2. The Morgan fingerprint density at radius 2 is 2.07 bits per heavy atom. The Bertz CT molecular complexity index is 792. The van der Waals surface area contributed by atoms with Gasteiger partial charge in [0.2, 0.25) is 0 Å². The molecular formula is C21H28N2O4S. The first kappa shape index (κ1) is 20.7. The minimum absolute atomic E-state index is 0.00340. The first-order valence-corrected chi connectivity index (χ1v) is 10.8. The van der Waals surface area contributed by atoms with Crippen molar-refractivity contribution in [2.24, 2.45) is 17.8 Å². The molecule has 3 atom stereocenters. The Morgan fingerprint density at radius 1 is 1.29 bits per heavy atom. The predicted octanol–water partition coefficient (Wildman–Crippen LogP) is 4.84. The molecule has 1 aliphatic rings. The minimum Gasteiger partial charge on any atom is -0.496 e. The van der Waals surface area contributed by atoms with Gasteiger partial charge < -0.3 is 13.9 Å². The molecule has 0 bridgehead atoms. The van der Waals surface area contributed by atoms with Gasteiger partial charge in [0.15, 0.2) is 0 Å². The van der Waals surface area contributed by atoms with Crippen LogP contribution in [0.25, 0.3) is 11.5 Å². The Hall–Kier alpha value is -2.02. The Kier molecular flexibility index (Phi) is 6.99. The third-order valence-corrected chi connectivity index (χ3v) is 6.09. The van der Waals surface area contributed by atoms with Gasteiger partial charge in [0.05, 0.1) is 12.7 Å². The number of esters is 1. The summed E-state index contributed by atoms with van der Waals surface area (Å²) in [6.07, 6.45) is 3.27. The molecule has 0 amide bonds. The van der Waals surface area contributed by atoms with Crippen LogP contribution in [-0.2, 0) is 9.53 Å². The first-order valence-electron chi connectivity index (χ1n) is 9.77. The zero-order chi connectivity index (χ0) is 20.1. The van der Waals surface area contributed by atoms with Crippen LogP contribution in [0.3, 0.4) is 0 Å². The molecule has 1 aliphatic carbocycles. The summed E-state index contributed by atoms with van der Waals surface area (Å²) in [5.41, 5.74) is 0.725. The molecule has 6 nitrogen and oxygen atoms in total. The molecule has 0 N–H and O–H groups in total. The molecule has 0 radical (unpaired) electrons. The van der Waals surface area contributed by atoms with Crippen LogP contribution in [0.5, 0.6) is 5.75 Å². The molecule has 7 heteroatoms. The van der Waals surface area contributed by atoms with Crippen molar-refractivity contribution in [2.75, 3.05) is 12.9 Å². The lowest BCUT2D eigenvalue weighted by Crippen LogP contribution is -2.36. The number of aromatic nitrogens is 2. The average Bonchev–Trinajstić information content (AvgIpc) is 3.15. The van der Waals surface area contributed by atoms with Gasteiger partial charge in [-0.05, 0) is 42.7 Å². The third-order valence-electron chi connectivity index (χ3n) is 5.30. The second-order valence-corrected chi connectivity index (χ2v) is 8.64. The standard InChI is InChI=1S/C21H28N2O4S/c1-13(2)15-10-9-14(3)11-18(15)26-19(24)12-28-21-23-22-20(27-21)16-7-5-6-8-17(16)25-4/h5-8,13-15,18H,9-12H2,1-4H3. The lowest BCUT2D eigenvalue weighted by molar-refractivity contribution is -0.152. The van der Waals surface area contributed by atoms with E-state index >= 15 is 0 Å². The van der Waals surface area contributed by atoms with Crippen molar-refractivity contribution in [3.05, 3.63) is 24.3 Å². The highest BCUT2D eigenvalue weighted by Crippen LogP contribution is 2.36. The van der Waals surface area contributed by atoms with E-state index in [1.807, 2.05) is 24.3 Å². The molecule has 1 saturated carbocycles. The van der Waals surface area contributed by atoms with Crippen LogP contribution in [-0.4, -0.2) is 35.1 Å². The number of carbonyl (C=O) groups excluding carboxylic acids is 1. The van der Waals surface area contributed by atoms with Crippen LogP contribution in [0, 0.1) is 17.8 Å². The van der Waals surface area contributed by atoms with Gasteiger partial charge >= 0.3 is 5.97 Å². The van der Waals surface area contributed by atoms with Gasteiger partial charge in [-0.3, -0.25) is 4.79 Å². The van der Waals surface area contributed by atoms with Gasteiger partial charge in [0, 0.05) is 0 Å². The molecule has 3 rings (SSSR count). The second-order valence-electron chi connectivity index (χ2n) is 7.72. The molecule has 1 heterocycles. The highest BCUT2D eigenvalue weighted by molar-refractivity contribution is 7.99. The van der Waals surface area contributed by atoms with E-state index in [9.17, 15) is 4.79 Å². The lowest BCUT2D eigenvalue weighted by Gasteiger charge is -2.36. The lowest BCUT2D eigenvalue weighted by atomic mass is 9.75. The molecule has 0 aliphatic heterocycles. The van der Waals surface area contributed by atoms with Crippen molar-refractivity contribution in [1.29, 1.82) is 0 Å². The zero-order valence-electron chi connectivity index (χ0n) is 16.9. The molecule has 152 valence electrons. The van der Waals surface area contributed by atoms with E-state index < -0.39 is 0 Å². The number of rotatable bonds is 7. The van der Waals surface area contributed by atoms with E-state index in [-0.39, 0.29) is 17.8 Å². The van der Waals surface area contributed by atoms with Crippen molar-refractivity contribution in [3.63, 3.8) is 0 Å². The fraction of sp³-hybridized carbons (Fsp3) is 0.571. The molecule has 1 fully saturated rings. The number of methoxy groups -OCH3 is 1. The van der Waals surface area contributed by atoms with Crippen LogP contribution >= 0.6 is 11.8 Å². The van der Waals surface area contributed by atoms with E-state index in [2.05, 4.69) is 31.0 Å². The summed E-state index contributed by atoms with van der Waals surface area (Å²) in [7, 11) is 1.59. The van der Waals surface area contributed by atoms with E-state index in [0.717, 1.165) is 18.4 Å². The highest BCUT2D eigenvalue weighted by atomic mass is 32.2. The smallest absolute Gasteiger partial charge is 0.316 e. The van der Waals surface area contributed by atoms with Crippen molar-refractivity contribution in [2.45, 2.75) is 51.4 Å². The van der Waals surface area contributed by atoms with Gasteiger partial charge in [-0.25, -0.2) is 0 Å². The summed E-state index contributed by atoms with van der Waals surface area (Å²) in [6.45, 7) is 6.63. The topological polar surface area (TPSA) is 74.5 Å². The van der Waals surface area contributed by atoms with Crippen molar-refractivity contribution < 1.29 is 18.7 Å². The monoisotopic (exact) mass is 404 g/mol. The number of thioether (sulfide) groups is 1. The molecule has 3 unspecified atom stereocenters. The van der Waals surface area contributed by atoms with Crippen LogP contribution in [0.15, 0.2) is 33.9 Å². The van der Waals surface area contributed by atoms with Gasteiger partial charge in [0.1, 0.15) is 17.6 Å². The Balaban J connectivity index is 1.57. The van der Waals surface area contributed by atoms with Crippen LogP contribution in [0.2, 0.25) is 0 Å². The molecule has 2 aromatic rings. The van der Waals surface area contributed by atoms with Crippen molar-refractivity contribution >= 4 is 17.7 Å². The Labute approximate surface area is 170 Å². The minimum atomic E-state index is -0.230. The van der Waals surface area contributed by atoms with E-state index in [4.69, 9.17) is 13.9 Å². The maximum atomic E-state index is 12.4. The maximum Gasteiger partial charge on any atom is 0.316 e. The summed E-state index contributed by atoms with van der Waals surface area (Å²) >= 11 is 1.20. The fourth-order valence-electron chi connectivity index (χ4n) is 3.77. The number of nitrogens with zero attached hydrogens (tertiary/aromatic N) is 2. The first-order chi connectivity index (χ1) is 13.5. The molecular weight excluding hydrogens is 376 g/mol. The van der Waals surface area contributed by atoms with E-state index in [0.29, 0.717) is 34.6 Å². The van der Waals surface area contributed by atoms with Gasteiger partial charge in [-0.1, -0.05) is 51.1 Å². The van der Waals surface area contributed by atoms with E-state index in [1.54, 1.807) is 7.11 Å². The zero-order valence-corrected chi connectivity index (χ0v) is 17.7. The summed E-state index contributed by atoms with van der Waals surface area (Å²) in [5, 5.41) is 8.43.